The van der Waals surface area contributed by atoms with E-state index >= 15 is 0 Å². The molecule has 128 valence electrons. The number of furan rings is 1. The third-order valence-electron chi connectivity index (χ3n) is 3.92. The van der Waals surface area contributed by atoms with Gasteiger partial charge in [0.15, 0.2) is 0 Å². The minimum Gasteiger partial charge on any atom is -0.464 e. The average Bonchev–Trinajstić information content (AvgIpc) is 3.01. The number of hydrogen-bond acceptors (Lipinski definition) is 4. The SMILES string of the molecule is Cc1ccc([C@H]2COCCN2C(=O)Nc2ccc([S@](C)=O)cc2)o1. The average molecular weight is 348 g/mol. The van der Waals surface area contributed by atoms with Crippen LogP contribution in [0.15, 0.2) is 45.7 Å². The summed E-state index contributed by atoms with van der Waals surface area (Å²) < 4.78 is 22.6. The van der Waals surface area contributed by atoms with E-state index in [1.54, 1.807) is 35.4 Å². The monoisotopic (exact) mass is 348 g/mol. The molecule has 2 amide bonds. The van der Waals surface area contributed by atoms with Crippen LogP contribution in [0.4, 0.5) is 10.5 Å². The maximum Gasteiger partial charge on any atom is 0.322 e. The predicted molar refractivity (Wildman–Crippen MR) is 91.5 cm³/mol. The number of benzene rings is 1. The highest BCUT2D eigenvalue weighted by Gasteiger charge is 2.30. The van der Waals surface area contributed by atoms with Gasteiger partial charge < -0.3 is 19.4 Å². The summed E-state index contributed by atoms with van der Waals surface area (Å²) in [7, 11) is -1.03. The quantitative estimate of drug-likeness (QED) is 0.926. The van der Waals surface area contributed by atoms with E-state index in [-0.39, 0.29) is 12.1 Å². The fourth-order valence-electron chi connectivity index (χ4n) is 2.64. The molecule has 2 heterocycles. The lowest BCUT2D eigenvalue weighted by Gasteiger charge is -2.34. The van der Waals surface area contributed by atoms with Crippen LogP contribution in [0, 0.1) is 6.92 Å². The van der Waals surface area contributed by atoms with E-state index in [1.807, 2.05) is 19.1 Å². The van der Waals surface area contributed by atoms with Crippen LogP contribution in [-0.2, 0) is 15.5 Å². The van der Waals surface area contributed by atoms with Crippen molar-refractivity contribution in [3.8, 4) is 0 Å². The molecule has 0 bridgehead atoms. The number of amides is 2. The molecule has 1 aromatic carbocycles. The van der Waals surface area contributed by atoms with Crippen molar-refractivity contribution in [3.05, 3.63) is 47.9 Å². The normalized spacial score (nSPS) is 19.1. The Labute approximate surface area is 143 Å². The fourth-order valence-corrected chi connectivity index (χ4v) is 3.16. The second kappa shape index (κ2) is 7.19. The van der Waals surface area contributed by atoms with Crippen molar-refractivity contribution in [3.63, 3.8) is 0 Å². The minimum atomic E-state index is -1.03. The number of carbonyl (C=O) groups is 1. The van der Waals surface area contributed by atoms with Crippen molar-refractivity contribution in [1.82, 2.24) is 4.90 Å². The molecule has 7 heteroatoms. The number of ether oxygens (including phenoxy) is 1. The summed E-state index contributed by atoms with van der Waals surface area (Å²) in [5.41, 5.74) is 0.662. The van der Waals surface area contributed by atoms with Crippen LogP contribution in [0.3, 0.4) is 0 Å². The molecule has 1 aliphatic rings. The van der Waals surface area contributed by atoms with Gasteiger partial charge in [-0.25, -0.2) is 4.79 Å². The summed E-state index contributed by atoms with van der Waals surface area (Å²) in [4.78, 5) is 15.1. The summed E-state index contributed by atoms with van der Waals surface area (Å²) in [6, 6.07) is 10.3. The topological polar surface area (TPSA) is 71.8 Å². The van der Waals surface area contributed by atoms with Crippen molar-refractivity contribution in [2.75, 3.05) is 31.3 Å². The number of morpholine rings is 1. The van der Waals surface area contributed by atoms with E-state index in [0.29, 0.717) is 25.4 Å². The first-order chi connectivity index (χ1) is 11.5. The van der Waals surface area contributed by atoms with Crippen LogP contribution in [0.1, 0.15) is 17.6 Å². The lowest BCUT2D eigenvalue weighted by molar-refractivity contribution is 0.00710. The largest absolute Gasteiger partial charge is 0.464 e. The standard InChI is InChI=1S/C17H20N2O4S/c1-12-3-8-16(23-12)15-11-22-10-9-19(15)17(20)18-13-4-6-14(7-5-13)24(2)21/h3-8,15H,9-11H2,1-2H3,(H,18,20)/t15-,24+/m1/s1. The fraction of sp³-hybridized carbons (Fsp3) is 0.353. The van der Waals surface area contributed by atoms with E-state index < -0.39 is 10.8 Å². The summed E-state index contributed by atoms with van der Waals surface area (Å²) >= 11 is 0. The van der Waals surface area contributed by atoms with E-state index in [1.165, 1.54) is 0 Å². The molecule has 24 heavy (non-hydrogen) atoms. The van der Waals surface area contributed by atoms with Crippen LogP contribution in [0.5, 0.6) is 0 Å². The van der Waals surface area contributed by atoms with Crippen LogP contribution in [0.25, 0.3) is 0 Å². The molecule has 0 radical (unpaired) electrons. The van der Waals surface area contributed by atoms with Gasteiger partial charge in [0.05, 0.1) is 13.2 Å². The Morgan fingerprint density at radius 1 is 1.25 bits per heavy atom. The van der Waals surface area contributed by atoms with Gasteiger partial charge in [0, 0.05) is 34.2 Å². The predicted octanol–water partition coefficient (Wildman–Crippen LogP) is 2.93. The van der Waals surface area contributed by atoms with Crippen molar-refractivity contribution < 1.29 is 18.2 Å². The van der Waals surface area contributed by atoms with Crippen LogP contribution >= 0.6 is 0 Å². The van der Waals surface area contributed by atoms with Gasteiger partial charge in [0.1, 0.15) is 17.6 Å². The van der Waals surface area contributed by atoms with Crippen LogP contribution in [0.2, 0.25) is 0 Å². The number of nitrogens with zero attached hydrogens (tertiary/aromatic N) is 1. The van der Waals surface area contributed by atoms with Gasteiger partial charge in [0.25, 0.3) is 0 Å². The second-order valence-corrected chi connectivity index (χ2v) is 7.02. The highest BCUT2D eigenvalue weighted by atomic mass is 32.2. The van der Waals surface area contributed by atoms with Gasteiger partial charge >= 0.3 is 6.03 Å². The maximum absolute atomic E-state index is 12.6. The Morgan fingerprint density at radius 3 is 2.62 bits per heavy atom. The smallest absolute Gasteiger partial charge is 0.322 e. The number of anilines is 1. The molecule has 1 saturated heterocycles. The molecule has 1 aliphatic heterocycles. The highest BCUT2D eigenvalue weighted by molar-refractivity contribution is 7.84. The van der Waals surface area contributed by atoms with E-state index in [9.17, 15) is 9.00 Å². The number of hydrogen-bond donors (Lipinski definition) is 1. The first kappa shape index (κ1) is 16.7. The molecular weight excluding hydrogens is 328 g/mol. The minimum absolute atomic E-state index is 0.206. The molecular formula is C17H20N2O4S. The summed E-state index contributed by atoms with van der Waals surface area (Å²) in [6.45, 7) is 3.27. The Balaban J connectivity index is 1.73. The van der Waals surface area contributed by atoms with Gasteiger partial charge in [0.2, 0.25) is 0 Å². The zero-order chi connectivity index (χ0) is 17.1. The van der Waals surface area contributed by atoms with Crippen molar-refractivity contribution in [2.45, 2.75) is 17.9 Å². The third kappa shape index (κ3) is 3.68. The summed E-state index contributed by atoms with van der Waals surface area (Å²) in [5.74, 6) is 1.53. The number of rotatable bonds is 3. The van der Waals surface area contributed by atoms with E-state index in [0.717, 1.165) is 16.4 Å². The Bertz CT molecular complexity index is 741. The van der Waals surface area contributed by atoms with Gasteiger partial charge in [-0.3, -0.25) is 4.21 Å². The molecule has 0 aliphatic carbocycles. The van der Waals surface area contributed by atoms with Gasteiger partial charge in [-0.15, -0.1) is 0 Å². The molecule has 0 saturated carbocycles. The first-order valence-corrected chi connectivity index (χ1v) is 9.25. The van der Waals surface area contributed by atoms with Crippen LogP contribution in [-0.4, -0.2) is 41.2 Å². The molecule has 2 aromatic rings. The zero-order valence-corrected chi connectivity index (χ0v) is 14.5. The number of nitrogens with one attached hydrogen (secondary N) is 1. The molecule has 1 fully saturated rings. The lowest BCUT2D eigenvalue weighted by atomic mass is 10.2. The molecule has 3 rings (SSSR count). The number of aryl methyl sites for hydroxylation is 1. The van der Waals surface area contributed by atoms with Crippen molar-refractivity contribution >= 4 is 22.5 Å². The Kier molecular flexibility index (Phi) is 5.01. The van der Waals surface area contributed by atoms with Gasteiger partial charge in [-0.2, -0.15) is 0 Å². The molecule has 0 unspecified atom stereocenters. The van der Waals surface area contributed by atoms with Crippen LogP contribution < -0.4 is 5.32 Å². The number of urea groups is 1. The van der Waals surface area contributed by atoms with Crippen molar-refractivity contribution in [1.29, 1.82) is 0 Å². The van der Waals surface area contributed by atoms with Gasteiger partial charge in [-0.1, -0.05) is 0 Å². The molecule has 0 spiro atoms. The maximum atomic E-state index is 12.6. The molecule has 2 atom stereocenters. The second-order valence-electron chi connectivity index (χ2n) is 5.64. The molecule has 6 nitrogen and oxygen atoms in total. The molecule has 1 N–H and O–H groups in total. The summed E-state index contributed by atoms with van der Waals surface area (Å²) in [6.07, 6.45) is 1.62. The van der Waals surface area contributed by atoms with E-state index in [4.69, 9.17) is 9.15 Å². The van der Waals surface area contributed by atoms with E-state index in [2.05, 4.69) is 5.32 Å². The highest BCUT2D eigenvalue weighted by Crippen LogP contribution is 2.26. The zero-order valence-electron chi connectivity index (χ0n) is 13.7. The number of carbonyl (C=O) groups excluding carboxylic acids is 1. The molecule has 1 aromatic heterocycles. The summed E-state index contributed by atoms with van der Waals surface area (Å²) in [5, 5.41) is 2.88. The first-order valence-electron chi connectivity index (χ1n) is 7.70. The Morgan fingerprint density at radius 2 is 2.00 bits per heavy atom. The third-order valence-corrected chi connectivity index (χ3v) is 4.85. The van der Waals surface area contributed by atoms with Gasteiger partial charge in [-0.05, 0) is 43.3 Å². The Hall–Kier alpha value is -2.12. The lowest BCUT2D eigenvalue weighted by Crippen LogP contribution is -2.45. The van der Waals surface area contributed by atoms with Crippen molar-refractivity contribution in [2.24, 2.45) is 0 Å².